The second kappa shape index (κ2) is 9.76. The zero-order valence-corrected chi connectivity index (χ0v) is 17.3. The van der Waals surface area contributed by atoms with Gasteiger partial charge in [0, 0.05) is 45.8 Å². The van der Waals surface area contributed by atoms with Crippen LogP contribution in [0.15, 0.2) is 59.4 Å². The molecular weight excluding hydrogens is 378 g/mol. The predicted molar refractivity (Wildman–Crippen MR) is 116 cm³/mol. The van der Waals surface area contributed by atoms with Crippen molar-refractivity contribution in [2.75, 3.05) is 45.8 Å². The van der Waals surface area contributed by atoms with E-state index in [1.165, 1.54) is 18.1 Å². The summed E-state index contributed by atoms with van der Waals surface area (Å²) in [5.41, 5.74) is 1.76. The van der Waals surface area contributed by atoms with E-state index in [9.17, 15) is 9.59 Å². The molecule has 30 heavy (non-hydrogen) atoms. The van der Waals surface area contributed by atoms with Crippen molar-refractivity contribution in [3.8, 4) is 0 Å². The van der Waals surface area contributed by atoms with Crippen LogP contribution in [0, 0.1) is 5.92 Å². The van der Waals surface area contributed by atoms with Crippen LogP contribution < -0.4 is 0 Å². The molecule has 0 bridgehead atoms. The van der Waals surface area contributed by atoms with Gasteiger partial charge in [0.15, 0.2) is 0 Å². The lowest BCUT2D eigenvalue weighted by Gasteiger charge is -2.38. The molecule has 2 aliphatic rings. The minimum absolute atomic E-state index is 0.0451. The first-order chi connectivity index (χ1) is 14.7. The average molecular weight is 408 g/mol. The molecule has 6 heteroatoms. The summed E-state index contributed by atoms with van der Waals surface area (Å²) < 4.78 is 5.03. The lowest BCUT2D eigenvalue weighted by Crippen LogP contribution is -2.53. The number of benzene rings is 1. The molecule has 0 radical (unpaired) electrons. The summed E-state index contributed by atoms with van der Waals surface area (Å²) in [6, 6.07) is 12.0. The molecule has 0 saturated carbocycles. The number of carbonyl (C=O) groups is 2. The Bertz CT molecular complexity index is 855. The van der Waals surface area contributed by atoms with Gasteiger partial charge in [0.05, 0.1) is 17.7 Å². The van der Waals surface area contributed by atoms with Crippen molar-refractivity contribution in [3.63, 3.8) is 0 Å². The van der Waals surface area contributed by atoms with Crippen molar-refractivity contribution >= 4 is 17.9 Å². The maximum atomic E-state index is 13.1. The van der Waals surface area contributed by atoms with Crippen LogP contribution in [-0.4, -0.2) is 72.3 Å². The molecule has 3 heterocycles. The SMILES string of the molecule is O=C(c1ccoc1)N1CCC[C@H](C(=O)N2CCN(C/C=C/c3ccccc3)CC2)C1. The number of rotatable bonds is 5. The molecule has 1 atom stereocenters. The van der Waals surface area contributed by atoms with E-state index < -0.39 is 0 Å². The average Bonchev–Trinajstić information content (AvgIpc) is 3.34. The summed E-state index contributed by atoms with van der Waals surface area (Å²) in [6.45, 7) is 5.38. The molecule has 158 valence electrons. The van der Waals surface area contributed by atoms with Crippen molar-refractivity contribution in [2.45, 2.75) is 12.8 Å². The smallest absolute Gasteiger partial charge is 0.257 e. The highest BCUT2D eigenvalue weighted by Crippen LogP contribution is 2.21. The maximum absolute atomic E-state index is 13.1. The summed E-state index contributed by atoms with van der Waals surface area (Å²) in [6.07, 6.45) is 9.03. The Morgan fingerprint density at radius 1 is 1.00 bits per heavy atom. The van der Waals surface area contributed by atoms with E-state index >= 15 is 0 Å². The van der Waals surface area contributed by atoms with E-state index in [0.29, 0.717) is 18.7 Å². The van der Waals surface area contributed by atoms with Gasteiger partial charge >= 0.3 is 0 Å². The Labute approximate surface area is 177 Å². The molecule has 2 aromatic rings. The number of likely N-dealkylation sites (tertiary alicyclic amines) is 1. The second-order valence-electron chi connectivity index (χ2n) is 8.04. The van der Waals surface area contributed by atoms with Gasteiger partial charge in [-0.25, -0.2) is 0 Å². The highest BCUT2D eigenvalue weighted by atomic mass is 16.3. The fourth-order valence-electron chi connectivity index (χ4n) is 4.24. The number of piperidine rings is 1. The standard InChI is InChI=1S/C24H29N3O3/c28-23(21-9-5-12-27(18-21)24(29)22-10-17-30-19-22)26-15-13-25(14-16-26)11-4-8-20-6-2-1-3-7-20/h1-4,6-8,10,17,19,21H,5,9,11-16,18H2/b8-4+/t21-/m0/s1. The molecule has 1 aromatic heterocycles. The fraction of sp³-hybridized carbons (Fsp3) is 0.417. The predicted octanol–water partition coefficient (Wildman–Crippen LogP) is 2.99. The Kier molecular flexibility index (Phi) is 6.64. The molecule has 0 aliphatic carbocycles. The van der Waals surface area contributed by atoms with E-state index in [0.717, 1.165) is 45.6 Å². The lowest BCUT2D eigenvalue weighted by molar-refractivity contribution is -0.138. The molecule has 0 spiro atoms. The van der Waals surface area contributed by atoms with Gasteiger partial charge < -0.3 is 14.2 Å². The van der Waals surface area contributed by atoms with Crippen LogP contribution >= 0.6 is 0 Å². The number of furan rings is 1. The normalized spacial score (nSPS) is 20.6. The molecule has 2 fully saturated rings. The Balaban J connectivity index is 1.24. The summed E-state index contributed by atoms with van der Waals surface area (Å²) in [5.74, 6) is 0.0505. The first kappa shape index (κ1) is 20.4. The summed E-state index contributed by atoms with van der Waals surface area (Å²) in [4.78, 5) is 31.8. The maximum Gasteiger partial charge on any atom is 0.257 e. The summed E-state index contributed by atoms with van der Waals surface area (Å²) in [7, 11) is 0. The molecule has 0 N–H and O–H groups in total. The molecule has 2 saturated heterocycles. The van der Waals surface area contributed by atoms with Crippen molar-refractivity contribution in [1.82, 2.24) is 14.7 Å². The van der Waals surface area contributed by atoms with Crippen LogP contribution in [0.5, 0.6) is 0 Å². The van der Waals surface area contributed by atoms with E-state index in [1.807, 2.05) is 23.1 Å². The fourth-order valence-corrected chi connectivity index (χ4v) is 4.24. The third kappa shape index (κ3) is 5.00. The Hall–Kier alpha value is -2.86. The topological polar surface area (TPSA) is 57.0 Å². The highest BCUT2D eigenvalue weighted by Gasteiger charge is 2.32. The molecule has 1 aromatic carbocycles. The van der Waals surface area contributed by atoms with Crippen LogP contribution in [-0.2, 0) is 4.79 Å². The molecular formula is C24H29N3O3. The number of hydrogen-bond donors (Lipinski definition) is 0. The second-order valence-corrected chi connectivity index (χ2v) is 8.04. The number of amides is 2. The van der Waals surface area contributed by atoms with E-state index in [2.05, 4.69) is 29.2 Å². The van der Waals surface area contributed by atoms with Crippen molar-refractivity contribution in [3.05, 3.63) is 66.1 Å². The zero-order chi connectivity index (χ0) is 20.8. The number of nitrogens with zero attached hydrogens (tertiary/aromatic N) is 3. The first-order valence-corrected chi connectivity index (χ1v) is 10.7. The summed E-state index contributed by atoms with van der Waals surface area (Å²) in [5, 5.41) is 0. The summed E-state index contributed by atoms with van der Waals surface area (Å²) >= 11 is 0. The molecule has 4 rings (SSSR count). The minimum atomic E-state index is -0.0980. The lowest BCUT2D eigenvalue weighted by atomic mass is 9.95. The van der Waals surface area contributed by atoms with Gasteiger partial charge in [-0.3, -0.25) is 14.5 Å². The van der Waals surface area contributed by atoms with Crippen molar-refractivity contribution in [1.29, 1.82) is 0 Å². The van der Waals surface area contributed by atoms with Gasteiger partial charge in [0.25, 0.3) is 5.91 Å². The van der Waals surface area contributed by atoms with E-state index in [4.69, 9.17) is 4.42 Å². The number of carbonyl (C=O) groups excluding carboxylic acids is 2. The monoisotopic (exact) mass is 407 g/mol. The third-order valence-electron chi connectivity index (χ3n) is 5.98. The van der Waals surface area contributed by atoms with Gasteiger partial charge in [-0.05, 0) is 24.5 Å². The Morgan fingerprint density at radius 3 is 2.53 bits per heavy atom. The largest absolute Gasteiger partial charge is 0.472 e. The van der Waals surface area contributed by atoms with Gasteiger partial charge in [-0.2, -0.15) is 0 Å². The minimum Gasteiger partial charge on any atom is -0.472 e. The van der Waals surface area contributed by atoms with Crippen LogP contribution in [0.3, 0.4) is 0 Å². The number of hydrogen-bond acceptors (Lipinski definition) is 4. The molecule has 6 nitrogen and oxygen atoms in total. The van der Waals surface area contributed by atoms with Gasteiger partial charge in [-0.15, -0.1) is 0 Å². The van der Waals surface area contributed by atoms with E-state index in [1.54, 1.807) is 11.0 Å². The van der Waals surface area contributed by atoms with Crippen LogP contribution in [0.25, 0.3) is 6.08 Å². The van der Waals surface area contributed by atoms with E-state index in [-0.39, 0.29) is 17.7 Å². The van der Waals surface area contributed by atoms with Crippen molar-refractivity contribution < 1.29 is 14.0 Å². The third-order valence-corrected chi connectivity index (χ3v) is 5.98. The molecule has 2 aliphatic heterocycles. The highest BCUT2D eigenvalue weighted by molar-refractivity contribution is 5.94. The van der Waals surface area contributed by atoms with Crippen LogP contribution in [0.1, 0.15) is 28.8 Å². The van der Waals surface area contributed by atoms with Crippen molar-refractivity contribution in [2.24, 2.45) is 5.92 Å². The first-order valence-electron chi connectivity index (χ1n) is 10.7. The van der Waals surface area contributed by atoms with Gasteiger partial charge in [0.1, 0.15) is 6.26 Å². The van der Waals surface area contributed by atoms with Gasteiger partial charge in [-0.1, -0.05) is 42.5 Å². The molecule has 2 amide bonds. The zero-order valence-electron chi connectivity index (χ0n) is 17.3. The number of piperazine rings is 1. The van der Waals surface area contributed by atoms with Crippen LogP contribution in [0.2, 0.25) is 0 Å². The quantitative estimate of drug-likeness (QED) is 0.765. The molecule has 0 unspecified atom stereocenters. The van der Waals surface area contributed by atoms with Crippen LogP contribution in [0.4, 0.5) is 0 Å². The van der Waals surface area contributed by atoms with Gasteiger partial charge in [0.2, 0.25) is 5.91 Å². The Morgan fingerprint density at radius 2 is 1.80 bits per heavy atom.